The molecule has 0 aromatic heterocycles. The summed E-state index contributed by atoms with van der Waals surface area (Å²) in [5, 5.41) is 3.88. The standard InChI is InChI=1S/C17H13BrN2O3/c18-14-6-3-12(4-7-14)2-1-9-19-20-17(21)13-5-8-15-16(10-13)23-11-22-15/h1-10H,11H2,(H,20,21)/b2-1+,19-9?. The van der Waals surface area contributed by atoms with Gasteiger partial charge in [-0.2, -0.15) is 5.10 Å². The van der Waals surface area contributed by atoms with Crippen molar-refractivity contribution in [3.8, 4) is 11.5 Å². The lowest BCUT2D eigenvalue weighted by molar-refractivity contribution is 0.0954. The van der Waals surface area contributed by atoms with Crippen molar-refractivity contribution in [2.75, 3.05) is 6.79 Å². The van der Waals surface area contributed by atoms with Crippen LogP contribution in [0.2, 0.25) is 0 Å². The number of nitrogens with one attached hydrogen (secondary N) is 1. The summed E-state index contributed by atoms with van der Waals surface area (Å²) < 4.78 is 11.5. The van der Waals surface area contributed by atoms with Crippen LogP contribution in [0.1, 0.15) is 15.9 Å². The quantitative estimate of drug-likeness (QED) is 0.658. The summed E-state index contributed by atoms with van der Waals surface area (Å²) in [4.78, 5) is 12.0. The number of rotatable bonds is 4. The van der Waals surface area contributed by atoms with E-state index in [0.717, 1.165) is 10.0 Å². The van der Waals surface area contributed by atoms with E-state index in [1.807, 2.05) is 30.3 Å². The third-order valence-corrected chi connectivity index (χ3v) is 3.65. The van der Waals surface area contributed by atoms with Crippen molar-refractivity contribution in [1.29, 1.82) is 0 Å². The van der Waals surface area contributed by atoms with Gasteiger partial charge in [-0.1, -0.05) is 34.1 Å². The van der Waals surface area contributed by atoms with E-state index in [9.17, 15) is 4.79 Å². The molecule has 1 heterocycles. The third kappa shape index (κ3) is 3.98. The number of nitrogens with zero attached hydrogens (tertiary/aromatic N) is 1. The summed E-state index contributed by atoms with van der Waals surface area (Å²) in [6.45, 7) is 0.180. The SMILES string of the molecule is O=C(NN=C/C=C/c1ccc(Br)cc1)c1ccc2c(c1)OCO2. The monoisotopic (exact) mass is 372 g/mol. The smallest absolute Gasteiger partial charge is 0.271 e. The number of hydrogen-bond donors (Lipinski definition) is 1. The van der Waals surface area contributed by atoms with Crippen LogP contribution in [-0.2, 0) is 0 Å². The zero-order chi connectivity index (χ0) is 16.1. The van der Waals surface area contributed by atoms with Gasteiger partial charge in [0.05, 0.1) is 0 Å². The summed E-state index contributed by atoms with van der Waals surface area (Å²) in [6.07, 6.45) is 5.17. The molecule has 1 aliphatic heterocycles. The summed E-state index contributed by atoms with van der Waals surface area (Å²) in [5.74, 6) is 0.899. The molecular formula is C17H13BrN2O3. The summed E-state index contributed by atoms with van der Waals surface area (Å²) in [6, 6.07) is 12.9. The van der Waals surface area contributed by atoms with Crippen LogP contribution in [0, 0.1) is 0 Å². The molecule has 1 aliphatic rings. The predicted molar refractivity (Wildman–Crippen MR) is 91.7 cm³/mol. The first kappa shape index (κ1) is 15.3. The number of allylic oxidation sites excluding steroid dienone is 1. The number of ether oxygens (including phenoxy) is 2. The summed E-state index contributed by atoms with van der Waals surface area (Å²) in [5.41, 5.74) is 3.97. The minimum Gasteiger partial charge on any atom is -0.454 e. The lowest BCUT2D eigenvalue weighted by Crippen LogP contribution is -2.17. The Kier molecular flexibility index (Phi) is 4.73. The fourth-order valence-electron chi connectivity index (χ4n) is 1.97. The van der Waals surface area contributed by atoms with E-state index in [4.69, 9.17) is 9.47 Å². The van der Waals surface area contributed by atoms with Gasteiger partial charge in [-0.05, 0) is 42.0 Å². The van der Waals surface area contributed by atoms with Gasteiger partial charge in [0, 0.05) is 16.3 Å². The molecule has 3 rings (SSSR count). The molecule has 0 bridgehead atoms. The van der Waals surface area contributed by atoms with Crippen LogP contribution in [-0.4, -0.2) is 18.9 Å². The van der Waals surface area contributed by atoms with Gasteiger partial charge in [-0.15, -0.1) is 0 Å². The molecule has 0 radical (unpaired) electrons. The van der Waals surface area contributed by atoms with Gasteiger partial charge in [0.25, 0.3) is 5.91 Å². The molecule has 2 aromatic carbocycles. The molecule has 116 valence electrons. The van der Waals surface area contributed by atoms with Crippen molar-refractivity contribution >= 4 is 34.1 Å². The van der Waals surface area contributed by atoms with E-state index in [1.54, 1.807) is 24.3 Å². The minimum atomic E-state index is -0.309. The number of benzene rings is 2. The van der Waals surface area contributed by atoms with Crippen molar-refractivity contribution in [3.05, 3.63) is 64.1 Å². The first-order chi connectivity index (χ1) is 11.2. The van der Waals surface area contributed by atoms with Crippen LogP contribution in [0.25, 0.3) is 6.08 Å². The minimum absolute atomic E-state index is 0.180. The van der Waals surface area contributed by atoms with Crippen molar-refractivity contribution in [2.45, 2.75) is 0 Å². The van der Waals surface area contributed by atoms with Gasteiger partial charge in [-0.25, -0.2) is 5.43 Å². The molecule has 0 saturated carbocycles. The molecule has 2 aromatic rings. The highest BCUT2D eigenvalue weighted by Gasteiger charge is 2.15. The van der Waals surface area contributed by atoms with Crippen molar-refractivity contribution in [2.24, 2.45) is 5.10 Å². The molecule has 0 spiro atoms. The van der Waals surface area contributed by atoms with Gasteiger partial charge in [0.15, 0.2) is 11.5 Å². The predicted octanol–water partition coefficient (Wildman–Crippen LogP) is 3.61. The third-order valence-electron chi connectivity index (χ3n) is 3.12. The molecule has 0 unspecified atom stereocenters. The Bertz CT molecular complexity index is 770. The maximum absolute atomic E-state index is 12.0. The highest BCUT2D eigenvalue weighted by atomic mass is 79.9. The molecule has 0 aliphatic carbocycles. The number of carbonyl (C=O) groups excluding carboxylic acids is 1. The Labute approximate surface area is 141 Å². The highest BCUT2D eigenvalue weighted by molar-refractivity contribution is 9.10. The zero-order valence-electron chi connectivity index (χ0n) is 12.0. The maximum atomic E-state index is 12.0. The van der Waals surface area contributed by atoms with Crippen LogP contribution in [0.3, 0.4) is 0 Å². The first-order valence-electron chi connectivity index (χ1n) is 6.88. The maximum Gasteiger partial charge on any atom is 0.271 e. The molecule has 0 fully saturated rings. The first-order valence-corrected chi connectivity index (χ1v) is 7.67. The Hall–Kier alpha value is -2.60. The Morgan fingerprint density at radius 1 is 1.13 bits per heavy atom. The molecule has 0 atom stereocenters. The van der Waals surface area contributed by atoms with E-state index in [-0.39, 0.29) is 12.7 Å². The number of halogens is 1. The summed E-state index contributed by atoms with van der Waals surface area (Å²) in [7, 11) is 0. The topological polar surface area (TPSA) is 59.9 Å². The van der Waals surface area contributed by atoms with Crippen molar-refractivity contribution in [3.63, 3.8) is 0 Å². The molecule has 23 heavy (non-hydrogen) atoms. The van der Waals surface area contributed by atoms with E-state index in [1.165, 1.54) is 6.21 Å². The Morgan fingerprint density at radius 3 is 2.74 bits per heavy atom. The van der Waals surface area contributed by atoms with E-state index in [0.29, 0.717) is 17.1 Å². The number of hydrogen-bond acceptors (Lipinski definition) is 4. The van der Waals surface area contributed by atoms with E-state index >= 15 is 0 Å². The second kappa shape index (κ2) is 7.11. The molecule has 6 heteroatoms. The van der Waals surface area contributed by atoms with Gasteiger partial charge in [-0.3, -0.25) is 4.79 Å². The van der Waals surface area contributed by atoms with Gasteiger partial charge >= 0.3 is 0 Å². The lowest BCUT2D eigenvalue weighted by atomic mass is 10.2. The number of carbonyl (C=O) groups is 1. The number of fused-ring (bicyclic) bond motifs is 1. The van der Waals surface area contributed by atoms with E-state index < -0.39 is 0 Å². The molecule has 1 N–H and O–H groups in total. The van der Waals surface area contributed by atoms with Crippen LogP contribution in [0.4, 0.5) is 0 Å². The largest absolute Gasteiger partial charge is 0.454 e. The summed E-state index contributed by atoms with van der Waals surface area (Å²) >= 11 is 3.38. The van der Waals surface area contributed by atoms with Gasteiger partial charge in [0.2, 0.25) is 6.79 Å². The van der Waals surface area contributed by atoms with Crippen LogP contribution >= 0.6 is 15.9 Å². The van der Waals surface area contributed by atoms with Crippen molar-refractivity contribution < 1.29 is 14.3 Å². The van der Waals surface area contributed by atoms with Crippen LogP contribution in [0.5, 0.6) is 11.5 Å². The second-order valence-electron chi connectivity index (χ2n) is 4.70. The molecule has 5 nitrogen and oxygen atoms in total. The van der Waals surface area contributed by atoms with E-state index in [2.05, 4.69) is 26.5 Å². The van der Waals surface area contributed by atoms with Gasteiger partial charge < -0.3 is 9.47 Å². The number of hydrazone groups is 1. The zero-order valence-corrected chi connectivity index (χ0v) is 13.6. The Morgan fingerprint density at radius 2 is 1.91 bits per heavy atom. The number of amides is 1. The molecular weight excluding hydrogens is 360 g/mol. The highest BCUT2D eigenvalue weighted by Crippen LogP contribution is 2.32. The molecule has 0 saturated heterocycles. The molecule has 1 amide bonds. The normalized spacial score (nSPS) is 12.9. The van der Waals surface area contributed by atoms with Gasteiger partial charge in [0.1, 0.15) is 0 Å². The second-order valence-corrected chi connectivity index (χ2v) is 5.61. The average Bonchev–Trinajstić information content (AvgIpc) is 3.03. The van der Waals surface area contributed by atoms with Crippen LogP contribution < -0.4 is 14.9 Å². The lowest BCUT2D eigenvalue weighted by Gasteiger charge is -2.01. The fraction of sp³-hybridized carbons (Fsp3) is 0.0588. The van der Waals surface area contributed by atoms with Crippen LogP contribution in [0.15, 0.2) is 58.1 Å². The Balaban J connectivity index is 1.55. The van der Waals surface area contributed by atoms with Crippen molar-refractivity contribution in [1.82, 2.24) is 5.43 Å². The fourth-order valence-corrected chi connectivity index (χ4v) is 2.23. The average molecular weight is 373 g/mol.